The van der Waals surface area contributed by atoms with Gasteiger partial charge in [0.1, 0.15) is 6.54 Å². The standard InChI is InChI=1S/C16H31N5O/c1-6-17-16(18-9-10-21(7-2)8-3)19-12-14-11-15(13(4)5)20-22-14/h11,13H,6-10,12H2,1-5H3,(H2,17,18,19). The van der Waals surface area contributed by atoms with Crippen molar-refractivity contribution in [2.24, 2.45) is 4.99 Å². The zero-order valence-corrected chi connectivity index (χ0v) is 14.6. The normalized spacial score (nSPS) is 12.2. The summed E-state index contributed by atoms with van der Waals surface area (Å²) < 4.78 is 5.31. The van der Waals surface area contributed by atoms with Crippen LogP contribution in [-0.4, -0.2) is 48.7 Å². The predicted octanol–water partition coefficient (Wildman–Crippen LogP) is 2.19. The van der Waals surface area contributed by atoms with Crippen LogP contribution < -0.4 is 10.6 Å². The van der Waals surface area contributed by atoms with Gasteiger partial charge in [-0.05, 0) is 25.9 Å². The lowest BCUT2D eigenvalue weighted by molar-refractivity contribution is 0.308. The molecule has 0 unspecified atom stereocenters. The summed E-state index contributed by atoms with van der Waals surface area (Å²) in [6.45, 7) is 16.0. The maximum atomic E-state index is 5.31. The Bertz CT molecular complexity index is 437. The summed E-state index contributed by atoms with van der Waals surface area (Å²) >= 11 is 0. The lowest BCUT2D eigenvalue weighted by atomic mass is 10.1. The summed E-state index contributed by atoms with van der Waals surface area (Å²) in [5.74, 6) is 1.99. The number of aliphatic imine (C=N–C) groups is 1. The second kappa shape index (κ2) is 10.2. The third kappa shape index (κ3) is 6.47. The molecule has 0 saturated heterocycles. The van der Waals surface area contributed by atoms with E-state index in [1.807, 2.05) is 6.07 Å². The van der Waals surface area contributed by atoms with Gasteiger partial charge in [0, 0.05) is 25.7 Å². The van der Waals surface area contributed by atoms with Crippen LogP contribution in [0.4, 0.5) is 0 Å². The highest BCUT2D eigenvalue weighted by molar-refractivity contribution is 5.79. The predicted molar refractivity (Wildman–Crippen MR) is 91.2 cm³/mol. The summed E-state index contributed by atoms with van der Waals surface area (Å²) in [6.07, 6.45) is 0. The summed E-state index contributed by atoms with van der Waals surface area (Å²) in [7, 11) is 0. The van der Waals surface area contributed by atoms with Gasteiger partial charge in [0.2, 0.25) is 0 Å². The number of hydrogen-bond acceptors (Lipinski definition) is 4. The highest BCUT2D eigenvalue weighted by Crippen LogP contribution is 2.14. The largest absolute Gasteiger partial charge is 0.359 e. The first-order chi connectivity index (χ1) is 10.6. The summed E-state index contributed by atoms with van der Waals surface area (Å²) in [6, 6.07) is 1.98. The van der Waals surface area contributed by atoms with Gasteiger partial charge in [0.05, 0.1) is 5.69 Å². The molecular weight excluding hydrogens is 278 g/mol. The fraction of sp³-hybridized carbons (Fsp3) is 0.750. The molecule has 6 heteroatoms. The van der Waals surface area contributed by atoms with Gasteiger partial charge in [-0.2, -0.15) is 0 Å². The molecule has 22 heavy (non-hydrogen) atoms. The van der Waals surface area contributed by atoms with Gasteiger partial charge in [0.25, 0.3) is 0 Å². The number of nitrogens with zero attached hydrogens (tertiary/aromatic N) is 3. The van der Waals surface area contributed by atoms with E-state index in [1.54, 1.807) is 0 Å². The second-order valence-corrected chi connectivity index (χ2v) is 5.52. The van der Waals surface area contributed by atoms with Crippen LogP contribution in [0.15, 0.2) is 15.6 Å². The van der Waals surface area contributed by atoms with Crippen molar-refractivity contribution in [3.8, 4) is 0 Å². The fourth-order valence-electron chi connectivity index (χ4n) is 2.05. The van der Waals surface area contributed by atoms with Gasteiger partial charge in [-0.15, -0.1) is 0 Å². The summed E-state index contributed by atoms with van der Waals surface area (Å²) in [4.78, 5) is 6.92. The van der Waals surface area contributed by atoms with Crippen LogP contribution >= 0.6 is 0 Å². The molecule has 1 rings (SSSR count). The lowest BCUT2D eigenvalue weighted by Gasteiger charge is -2.19. The third-order valence-electron chi connectivity index (χ3n) is 3.52. The number of aromatic nitrogens is 1. The average Bonchev–Trinajstić information content (AvgIpc) is 2.98. The van der Waals surface area contributed by atoms with E-state index in [1.165, 1.54) is 0 Å². The fourth-order valence-corrected chi connectivity index (χ4v) is 2.05. The van der Waals surface area contributed by atoms with Crippen LogP contribution in [-0.2, 0) is 6.54 Å². The quantitative estimate of drug-likeness (QED) is 0.541. The molecule has 126 valence electrons. The molecule has 0 amide bonds. The van der Waals surface area contributed by atoms with Crippen LogP contribution in [0.25, 0.3) is 0 Å². The van der Waals surface area contributed by atoms with Crippen LogP contribution in [0, 0.1) is 0 Å². The Balaban J connectivity index is 2.50. The molecule has 0 bridgehead atoms. The van der Waals surface area contributed by atoms with Crippen LogP contribution in [0.2, 0.25) is 0 Å². The molecule has 1 aromatic heterocycles. The number of hydrogen-bond donors (Lipinski definition) is 2. The van der Waals surface area contributed by atoms with Crippen molar-refractivity contribution in [1.29, 1.82) is 0 Å². The molecule has 0 aliphatic heterocycles. The molecule has 0 saturated carbocycles. The molecule has 0 atom stereocenters. The first-order valence-corrected chi connectivity index (χ1v) is 8.30. The summed E-state index contributed by atoms with van der Waals surface area (Å²) in [5, 5.41) is 10.7. The molecule has 6 nitrogen and oxygen atoms in total. The minimum absolute atomic E-state index is 0.377. The number of rotatable bonds is 9. The Morgan fingerprint density at radius 3 is 2.55 bits per heavy atom. The minimum atomic E-state index is 0.377. The Hall–Kier alpha value is -1.56. The molecular formula is C16H31N5O. The van der Waals surface area contributed by atoms with Gasteiger partial charge in [-0.25, -0.2) is 4.99 Å². The molecule has 0 aromatic carbocycles. The highest BCUT2D eigenvalue weighted by atomic mass is 16.5. The van der Waals surface area contributed by atoms with Crippen molar-refractivity contribution in [1.82, 2.24) is 20.7 Å². The van der Waals surface area contributed by atoms with E-state index in [2.05, 4.69) is 60.3 Å². The molecule has 0 fully saturated rings. The Labute approximate surface area is 134 Å². The highest BCUT2D eigenvalue weighted by Gasteiger charge is 2.07. The first kappa shape index (κ1) is 18.5. The smallest absolute Gasteiger partial charge is 0.191 e. The lowest BCUT2D eigenvalue weighted by Crippen LogP contribution is -2.41. The van der Waals surface area contributed by atoms with Crippen molar-refractivity contribution in [3.05, 3.63) is 17.5 Å². The van der Waals surface area contributed by atoms with Crippen molar-refractivity contribution in [3.63, 3.8) is 0 Å². The SMILES string of the molecule is CCNC(=NCc1cc(C(C)C)no1)NCCN(CC)CC. The maximum absolute atomic E-state index is 5.31. The van der Waals surface area contributed by atoms with Gasteiger partial charge in [0.15, 0.2) is 11.7 Å². The van der Waals surface area contributed by atoms with E-state index < -0.39 is 0 Å². The van der Waals surface area contributed by atoms with E-state index >= 15 is 0 Å². The van der Waals surface area contributed by atoms with Crippen LogP contribution in [0.1, 0.15) is 52.0 Å². The van der Waals surface area contributed by atoms with E-state index in [-0.39, 0.29) is 0 Å². The van der Waals surface area contributed by atoms with Crippen LogP contribution in [0.5, 0.6) is 0 Å². The Kier molecular flexibility index (Phi) is 8.58. The molecule has 1 heterocycles. The van der Waals surface area contributed by atoms with Gasteiger partial charge in [-0.3, -0.25) is 0 Å². The summed E-state index contributed by atoms with van der Waals surface area (Å²) in [5.41, 5.74) is 0.977. The third-order valence-corrected chi connectivity index (χ3v) is 3.52. The number of likely N-dealkylation sites (N-methyl/N-ethyl adjacent to an activating group) is 1. The van der Waals surface area contributed by atoms with Gasteiger partial charge >= 0.3 is 0 Å². The molecule has 2 N–H and O–H groups in total. The molecule has 0 spiro atoms. The van der Waals surface area contributed by atoms with E-state index in [4.69, 9.17) is 4.52 Å². The maximum Gasteiger partial charge on any atom is 0.191 e. The number of guanidine groups is 1. The first-order valence-electron chi connectivity index (χ1n) is 8.30. The molecule has 0 aliphatic carbocycles. The zero-order chi connectivity index (χ0) is 16.4. The van der Waals surface area contributed by atoms with E-state index in [0.717, 1.165) is 50.1 Å². The Morgan fingerprint density at radius 1 is 1.27 bits per heavy atom. The van der Waals surface area contributed by atoms with Crippen molar-refractivity contribution in [2.75, 3.05) is 32.7 Å². The van der Waals surface area contributed by atoms with Crippen LogP contribution in [0.3, 0.4) is 0 Å². The second-order valence-electron chi connectivity index (χ2n) is 5.52. The monoisotopic (exact) mass is 309 g/mol. The van der Waals surface area contributed by atoms with Crippen molar-refractivity contribution in [2.45, 2.75) is 47.1 Å². The molecule has 0 radical (unpaired) electrons. The Morgan fingerprint density at radius 2 is 2.00 bits per heavy atom. The van der Waals surface area contributed by atoms with Crippen molar-refractivity contribution < 1.29 is 4.52 Å². The topological polar surface area (TPSA) is 65.7 Å². The van der Waals surface area contributed by atoms with E-state index in [0.29, 0.717) is 12.5 Å². The molecule has 0 aliphatic rings. The zero-order valence-electron chi connectivity index (χ0n) is 14.6. The average molecular weight is 309 g/mol. The molecule has 1 aromatic rings. The van der Waals surface area contributed by atoms with Crippen molar-refractivity contribution >= 4 is 5.96 Å². The van der Waals surface area contributed by atoms with Gasteiger partial charge < -0.3 is 20.1 Å². The minimum Gasteiger partial charge on any atom is -0.359 e. The van der Waals surface area contributed by atoms with E-state index in [9.17, 15) is 0 Å². The van der Waals surface area contributed by atoms with Gasteiger partial charge in [-0.1, -0.05) is 32.9 Å². The number of nitrogens with one attached hydrogen (secondary N) is 2.